The second kappa shape index (κ2) is 10.5. The van der Waals surface area contributed by atoms with Gasteiger partial charge in [0, 0.05) is 18.7 Å². The third-order valence-corrected chi connectivity index (χ3v) is 6.79. The van der Waals surface area contributed by atoms with Crippen LogP contribution in [-0.4, -0.2) is 38.1 Å². The standard InChI is InChI=1S/C31H32N4O3/c1-22(2)38-26-16-14-24(15-17-26)20-34-29(36)28-18-27(25-12-8-5-9-13-25)33-35(28)21-31(34,3)30(37)32-19-23-10-6-4-7-11-23/h4-18,22H,19-21H2,1-3H3,(H,32,37)/t31-/m1/s1. The molecule has 0 aliphatic carbocycles. The Morgan fingerprint density at radius 3 is 2.29 bits per heavy atom. The van der Waals surface area contributed by atoms with Gasteiger partial charge in [-0.2, -0.15) is 5.10 Å². The van der Waals surface area contributed by atoms with Gasteiger partial charge >= 0.3 is 0 Å². The molecular formula is C31H32N4O3. The molecule has 194 valence electrons. The number of hydrogen-bond acceptors (Lipinski definition) is 4. The fourth-order valence-corrected chi connectivity index (χ4v) is 4.74. The zero-order valence-corrected chi connectivity index (χ0v) is 21.9. The van der Waals surface area contributed by atoms with E-state index in [-0.39, 0.29) is 31.0 Å². The molecule has 0 bridgehead atoms. The van der Waals surface area contributed by atoms with Crippen LogP contribution in [0.15, 0.2) is 91.0 Å². The topological polar surface area (TPSA) is 76.5 Å². The number of carbonyl (C=O) groups excluding carboxylic acids is 2. The summed E-state index contributed by atoms with van der Waals surface area (Å²) in [7, 11) is 0. The summed E-state index contributed by atoms with van der Waals surface area (Å²) in [6.45, 7) is 6.67. The molecule has 7 nitrogen and oxygen atoms in total. The molecule has 1 aromatic heterocycles. The number of benzene rings is 3. The van der Waals surface area contributed by atoms with Crippen LogP contribution in [0.5, 0.6) is 5.75 Å². The third-order valence-electron chi connectivity index (χ3n) is 6.79. The van der Waals surface area contributed by atoms with Crippen molar-refractivity contribution in [2.75, 3.05) is 0 Å². The average Bonchev–Trinajstić information content (AvgIpc) is 3.35. The Bertz CT molecular complexity index is 1410. The van der Waals surface area contributed by atoms with Gasteiger partial charge in [-0.15, -0.1) is 0 Å². The molecule has 1 N–H and O–H groups in total. The minimum absolute atomic E-state index is 0.0696. The molecule has 0 radical (unpaired) electrons. The first kappa shape index (κ1) is 25.3. The Morgan fingerprint density at radius 1 is 0.974 bits per heavy atom. The second-order valence-corrected chi connectivity index (χ2v) is 10.1. The maximum absolute atomic E-state index is 13.9. The fraction of sp³-hybridized carbons (Fsp3) is 0.258. The first-order valence-corrected chi connectivity index (χ1v) is 12.9. The third kappa shape index (κ3) is 5.18. The number of nitrogens with one attached hydrogen (secondary N) is 1. The molecule has 0 unspecified atom stereocenters. The average molecular weight is 509 g/mol. The van der Waals surface area contributed by atoms with E-state index in [1.807, 2.05) is 112 Å². The van der Waals surface area contributed by atoms with Gasteiger partial charge in [-0.1, -0.05) is 72.8 Å². The summed E-state index contributed by atoms with van der Waals surface area (Å²) in [5.41, 5.74) is 2.85. The number of amides is 2. The first-order chi connectivity index (χ1) is 18.3. The molecule has 1 aliphatic rings. The Morgan fingerprint density at radius 2 is 1.63 bits per heavy atom. The summed E-state index contributed by atoms with van der Waals surface area (Å²) in [4.78, 5) is 29.3. The number of hydrogen-bond donors (Lipinski definition) is 1. The number of aromatic nitrogens is 2. The number of carbonyl (C=O) groups is 2. The van der Waals surface area contributed by atoms with Crippen molar-refractivity contribution < 1.29 is 14.3 Å². The second-order valence-electron chi connectivity index (χ2n) is 10.1. The van der Waals surface area contributed by atoms with Crippen molar-refractivity contribution in [3.63, 3.8) is 0 Å². The maximum atomic E-state index is 13.9. The number of rotatable bonds is 8. The van der Waals surface area contributed by atoms with Gasteiger partial charge in [0.25, 0.3) is 5.91 Å². The Hall–Kier alpha value is -4.39. The van der Waals surface area contributed by atoms with Crippen LogP contribution >= 0.6 is 0 Å². The molecule has 0 fully saturated rings. The number of fused-ring (bicyclic) bond motifs is 1. The van der Waals surface area contributed by atoms with Crippen LogP contribution in [-0.2, 0) is 24.4 Å². The lowest BCUT2D eigenvalue weighted by Gasteiger charge is -2.43. The molecule has 1 atom stereocenters. The van der Waals surface area contributed by atoms with Gasteiger partial charge in [0.15, 0.2) is 0 Å². The fourth-order valence-electron chi connectivity index (χ4n) is 4.74. The van der Waals surface area contributed by atoms with Crippen LogP contribution in [0.2, 0.25) is 0 Å². The van der Waals surface area contributed by atoms with Gasteiger partial charge in [0.2, 0.25) is 5.91 Å². The van der Waals surface area contributed by atoms with Crippen molar-refractivity contribution in [2.24, 2.45) is 0 Å². The summed E-state index contributed by atoms with van der Waals surface area (Å²) in [6.07, 6.45) is 0.0696. The molecule has 2 heterocycles. The van der Waals surface area contributed by atoms with E-state index in [1.54, 1.807) is 9.58 Å². The van der Waals surface area contributed by atoms with Crippen molar-refractivity contribution >= 4 is 11.8 Å². The van der Waals surface area contributed by atoms with Gasteiger partial charge < -0.3 is 15.0 Å². The summed E-state index contributed by atoms with van der Waals surface area (Å²) in [5.74, 6) is 0.311. The molecule has 38 heavy (non-hydrogen) atoms. The van der Waals surface area contributed by atoms with Crippen molar-refractivity contribution in [3.05, 3.63) is 108 Å². The predicted octanol–water partition coefficient (Wildman–Crippen LogP) is 5.07. The van der Waals surface area contributed by atoms with Crippen LogP contribution in [0.3, 0.4) is 0 Å². The largest absolute Gasteiger partial charge is 0.491 e. The summed E-state index contributed by atoms with van der Waals surface area (Å²) in [6, 6.07) is 29.0. The van der Waals surface area contributed by atoms with Crippen LogP contribution in [0.1, 0.15) is 42.4 Å². The molecule has 0 saturated heterocycles. The normalized spacial score (nSPS) is 16.8. The predicted molar refractivity (Wildman–Crippen MR) is 146 cm³/mol. The molecule has 5 rings (SSSR count). The molecular weight excluding hydrogens is 476 g/mol. The lowest BCUT2D eigenvalue weighted by atomic mass is 9.94. The van der Waals surface area contributed by atoms with Crippen molar-refractivity contribution in [1.29, 1.82) is 0 Å². The van der Waals surface area contributed by atoms with E-state index in [0.717, 1.165) is 22.4 Å². The molecule has 4 aromatic rings. The number of nitrogens with zero attached hydrogens (tertiary/aromatic N) is 3. The lowest BCUT2D eigenvalue weighted by Crippen LogP contribution is -2.63. The van der Waals surface area contributed by atoms with Gasteiger partial charge in [0.1, 0.15) is 17.0 Å². The van der Waals surface area contributed by atoms with E-state index in [9.17, 15) is 9.59 Å². The van der Waals surface area contributed by atoms with E-state index < -0.39 is 5.54 Å². The Kier molecular flexibility index (Phi) is 7.01. The van der Waals surface area contributed by atoms with Gasteiger partial charge in [-0.3, -0.25) is 14.3 Å². The molecule has 2 amide bonds. The first-order valence-electron chi connectivity index (χ1n) is 12.9. The van der Waals surface area contributed by atoms with Crippen LogP contribution in [0.4, 0.5) is 0 Å². The van der Waals surface area contributed by atoms with E-state index in [2.05, 4.69) is 5.32 Å². The summed E-state index contributed by atoms with van der Waals surface area (Å²) in [5, 5.41) is 7.77. The zero-order valence-electron chi connectivity index (χ0n) is 21.9. The quantitative estimate of drug-likeness (QED) is 0.361. The molecule has 1 aliphatic heterocycles. The molecule has 0 spiro atoms. The minimum Gasteiger partial charge on any atom is -0.491 e. The van der Waals surface area contributed by atoms with Crippen LogP contribution in [0, 0.1) is 0 Å². The van der Waals surface area contributed by atoms with Crippen molar-refractivity contribution in [2.45, 2.75) is 52.0 Å². The van der Waals surface area contributed by atoms with Gasteiger partial charge in [-0.25, -0.2) is 0 Å². The summed E-state index contributed by atoms with van der Waals surface area (Å²) >= 11 is 0. The van der Waals surface area contributed by atoms with E-state index in [4.69, 9.17) is 9.84 Å². The van der Waals surface area contributed by atoms with E-state index in [0.29, 0.717) is 17.9 Å². The van der Waals surface area contributed by atoms with Crippen molar-refractivity contribution in [1.82, 2.24) is 20.0 Å². The molecule has 0 saturated carbocycles. The highest BCUT2D eigenvalue weighted by Crippen LogP contribution is 2.32. The maximum Gasteiger partial charge on any atom is 0.273 e. The lowest BCUT2D eigenvalue weighted by molar-refractivity contribution is -0.133. The number of ether oxygens (including phenoxy) is 1. The monoisotopic (exact) mass is 508 g/mol. The zero-order chi connectivity index (χ0) is 26.7. The van der Waals surface area contributed by atoms with E-state index in [1.165, 1.54) is 0 Å². The molecule has 3 aromatic carbocycles. The smallest absolute Gasteiger partial charge is 0.273 e. The highest BCUT2D eigenvalue weighted by molar-refractivity contribution is 6.00. The molecule has 7 heteroatoms. The van der Waals surface area contributed by atoms with Crippen LogP contribution < -0.4 is 10.1 Å². The Labute approximate surface area is 223 Å². The highest BCUT2D eigenvalue weighted by atomic mass is 16.5. The van der Waals surface area contributed by atoms with Gasteiger partial charge in [-0.05, 0) is 50.1 Å². The van der Waals surface area contributed by atoms with Crippen molar-refractivity contribution in [3.8, 4) is 17.0 Å². The Balaban J connectivity index is 1.46. The van der Waals surface area contributed by atoms with E-state index >= 15 is 0 Å². The summed E-state index contributed by atoms with van der Waals surface area (Å²) < 4.78 is 7.44. The van der Waals surface area contributed by atoms with Gasteiger partial charge in [0.05, 0.1) is 18.3 Å². The van der Waals surface area contributed by atoms with Crippen LogP contribution in [0.25, 0.3) is 11.3 Å². The highest BCUT2D eigenvalue weighted by Gasteiger charge is 2.48. The minimum atomic E-state index is -1.15. The SMILES string of the molecule is CC(C)Oc1ccc(CN2C(=O)c3cc(-c4ccccc4)nn3C[C@]2(C)C(=O)NCc2ccccc2)cc1.